The number of anilines is 2. The molecule has 0 amide bonds. The maximum absolute atomic E-state index is 5.86. The molecule has 1 aromatic heterocycles. The first-order valence-corrected chi connectivity index (χ1v) is 6.24. The average Bonchev–Trinajstić information content (AvgIpc) is 2.74. The van der Waals surface area contributed by atoms with Gasteiger partial charge in [-0.3, -0.25) is 0 Å². The van der Waals surface area contributed by atoms with E-state index in [0.717, 1.165) is 25.5 Å². The van der Waals surface area contributed by atoms with Crippen molar-refractivity contribution in [2.75, 3.05) is 24.3 Å². The largest absolute Gasteiger partial charge is 0.470 e. The summed E-state index contributed by atoms with van der Waals surface area (Å²) < 4.78 is 11.0. The van der Waals surface area contributed by atoms with Crippen LogP contribution in [0.1, 0.15) is 27.2 Å². The lowest BCUT2D eigenvalue weighted by atomic mass is 10.2. The number of hydrogen-bond donors (Lipinski definition) is 2. The minimum Gasteiger partial charge on any atom is -0.470 e. The number of aromatic nitrogens is 1. The lowest BCUT2D eigenvalue weighted by Gasteiger charge is -2.22. The molecule has 0 bridgehead atoms. The van der Waals surface area contributed by atoms with E-state index in [4.69, 9.17) is 15.2 Å². The second-order valence-electron chi connectivity index (χ2n) is 5.51. The minimum absolute atomic E-state index is 0.309. The van der Waals surface area contributed by atoms with Crippen LogP contribution in [0.3, 0.4) is 0 Å². The van der Waals surface area contributed by atoms with Gasteiger partial charge in [0.05, 0.1) is 18.3 Å². The van der Waals surface area contributed by atoms with Crippen LogP contribution in [0.5, 0.6) is 5.88 Å². The predicted octanol–water partition coefficient (Wildman–Crippen LogP) is 2.04. The number of nitrogens with one attached hydrogen (secondary N) is 1. The van der Waals surface area contributed by atoms with Gasteiger partial charge in [0.15, 0.2) is 0 Å². The fourth-order valence-electron chi connectivity index (χ4n) is 1.76. The minimum atomic E-state index is -0.309. The van der Waals surface area contributed by atoms with Crippen LogP contribution in [-0.4, -0.2) is 29.8 Å². The van der Waals surface area contributed by atoms with Gasteiger partial charge in [0.2, 0.25) is 5.88 Å². The first-order chi connectivity index (χ1) is 8.44. The standard InChI is InChI=1S/C13H21N3O2/c1-13(2,3)18-12-10(14)4-5-11(16-12)15-9-6-7-17-8-9/h4-5,9H,6-8,14H2,1-3H3,(H,15,16). The molecule has 5 nitrogen and oxygen atoms in total. The lowest BCUT2D eigenvalue weighted by molar-refractivity contribution is 0.125. The van der Waals surface area contributed by atoms with Crippen LogP contribution >= 0.6 is 0 Å². The van der Waals surface area contributed by atoms with Gasteiger partial charge in [-0.2, -0.15) is 4.98 Å². The van der Waals surface area contributed by atoms with Crippen molar-refractivity contribution in [3.63, 3.8) is 0 Å². The summed E-state index contributed by atoms with van der Waals surface area (Å²) >= 11 is 0. The van der Waals surface area contributed by atoms with E-state index in [-0.39, 0.29) is 5.60 Å². The number of nitrogens with two attached hydrogens (primary N) is 1. The monoisotopic (exact) mass is 251 g/mol. The SMILES string of the molecule is CC(C)(C)Oc1nc(NC2CCOC2)ccc1N. The number of nitrogen functional groups attached to an aromatic ring is 1. The van der Waals surface area contributed by atoms with Crippen LogP contribution in [0.25, 0.3) is 0 Å². The molecule has 1 aromatic rings. The molecule has 2 rings (SSSR count). The fraction of sp³-hybridized carbons (Fsp3) is 0.615. The van der Waals surface area contributed by atoms with Gasteiger partial charge in [-0.15, -0.1) is 0 Å². The molecule has 0 aliphatic carbocycles. The predicted molar refractivity (Wildman–Crippen MR) is 71.9 cm³/mol. The Hall–Kier alpha value is -1.49. The summed E-state index contributed by atoms with van der Waals surface area (Å²) in [6, 6.07) is 4.00. The highest BCUT2D eigenvalue weighted by molar-refractivity contribution is 5.54. The van der Waals surface area contributed by atoms with Crippen molar-refractivity contribution in [1.29, 1.82) is 0 Å². The topological polar surface area (TPSA) is 69.4 Å². The van der Waals surface area contributed by atoms with Gasteiger partial charge < -0.3 is 20.5 Å². The van der Waals surface area contributed by atoms with Crippen molar-refractivity contribution in [1.82, 2.24) is 4.98 Å². The highest BCUT2D eigenvalue weighted by Gasteiger charge is 2.18. The molecule has 1 fully saturated rings. The van der Waals surface area contributed by atoms with E-state index < -0.39 is 0 Å². The average molecular weight is 251 g/mol. The third-order valence-electron chi connectivity index (χ3n) is 2.57. The first kappa shape index (κ1) is 13.0. The first-order valence-electron chi connectivity index (χ1n) is 6.24. The molecule has 100 valence electrons. The summed E-state index contributed by atoms with van der Waals surface area (Å²) in [5.41, 5.74) is 6.11. The van der Waals surface area contributed by atoms with Crippen LogP contribution in [0.4, 0.5) is 11.5 Å². The van der Waals surface area contributed by atoms with E-state index in [1.807, 2.05) is 32.9 Å². The molecule has 5 heteroatoms. The second-order valence-corrected chi connectivity index (χ2v) is 5.51. The van der Waals surface area contributed by atoms with E-state index in [0.29, 0.717) is 17.6 Å². The normalized spacial score (nSPS) is 19.8. The molecular weight excluding hydrogens is 230 g/mol. The number of nitrogens with zero attached hydrogens (tertiary/aromatic N) is 1. The van der Waals surface area contributed by atoms with Gasteiger partial charge in [0, 0.05) is 6.61 Å². The third-order valence-corrected chi connectivity index (χ3v) is 2.57. The van der Waals surface area contributed by atoms with Crippen molar-refractivity contribution < 1.29 is 9.47 Å². The summed E-state index contributed by atoms with van der Waals surface area (Å²) in [5.74, 6) is 1.25. The lowest BCUT2D eigenvalue weighted by Crippen LogP contribution is -2.25. The van der Waals surface area contributed by atoms with Crippen LogP contribution in [0.2, 0.25) is 0 Å². The molecule has 1 unspecified atom stereocenters. The Balaban J connectivity index is 2.10. The van der Waals surface area contributed by atoms with E-state index in [9.17, 15) is 0 Å². The van der Waals surface area contributed by atoms with Gasteiger partial charge in [-0.05, 0) is 39.3 Å². The number of pyridine rings is 1. The van der Waals surface area contributed by atoms with E-state index in [1.54, 1.807) is 0 Å². The Morgan fingerprint density at radius 3 is 2.83 bits per heavy atom. The molecule has 0 radical (unpaired) electrons. The summed E-state index contributed by atoms with van der Waals surface area (Å²) in [4.78, 5) is 4.41. The molecule has 0 aromatic carbocycles. The van der Waals surface area contributed by atoms with E-state index in [1.165, 1.54) is 0 Å². The highest BCUT2D eigenvalue weighted by atomic mass is 16.5. The fourth-order valence-corrected chi connectivity index (χ4v) is 1.76. The molecule has 3 N–H and O–H groups in total. The zero-order valence-corrected chi connectivity index (χ0v) is 11.2. The smallest absolute Gasteiger partial charge is 0.239 e. The maximum Gasteiger partial charge on any atom is 0.239 e. The van der Waals surface area contributed by atoms with Crippen LogP contribution in [0, 0.1) is 0 Å². The highest BCUT2D eigenvalue weighted by Crippen LogP contribution is 2.25. The van der Waals surface area contributed by atoms with Crippen LogP contribution in [-0.2, 0) is 4.74 Å². The van der Waals surface area contributed by atoms with E-state index in [2.05, 4.69) is 10.3 Å². The Bertz CT molecular complexity index is 409. The van der Waals surface area contributed by atoms with Gasteiger partial charge in [0.25, 0.3) is 0 Å². The number of hydrogen-bond acceptors (Lipinski definition) is 5. The van der Waals surface area contributed by atoms with Crippen molar-refractivity contribution >= 4 is 11.5 Å². The van der Waals surface area contributed by atoms with Crippen LogP contribution in [0.15, 0.2) is 12.1 Å². The molecule has 1 atom stereocenters. The molecule has 1 aliphatic heterocycles. The van der Waals surface area contributed by atoms with Gasteiger partial charge in [-0.25, -0.2) is 0 Å². The quantitative estimate of drug-likeness (QED) is 0.860. The van der Waals surface area contributed by atoms with Crippen molar-refractivity contribution in [3.05, 3.63) is 12.1 Å². The molecule has 1 aliphatic rings. The van der Waals surface area contributed by atoms with Crippen molar-refractivity contribution in [2.24, 2.45) is 0 Å². The summed E-state index contributed by atoms with van der Waals surface area (Å²) in [7, 11) is 0. The molecular formula is C13H21N3O2. The molecule has 0 spiro atoms. The summed E-state index contributed by atoms with van der Waals surface area (Å²) in [5, 5.41) is 3.32. The molecule has 0 saturated carbocycles. The Morgan fingerprint density at radius 1 is 1.44 bits per heavy atom. The van der Waals surface area contributed by atoms with Crippen molar-refractivity contribution in [3.8, 4) is 5.88 Å². The molecule has 2 heterocycles. The zero-order valence-electron chi connectivity index (χ0n) is 11.2. The van der Waals surface area contributed by atoms with Gasteiger partial charge in [-0.1, -0.05) is 0 Å². The van der Waals surface area contributed by atoms with Crippen LogP contribution < -0.4 is 15.8 Å². The third kappa shape index (κ3) is 3.50. The summed E-state index contributed by atoms with van der Waals surface area (Å²) in [6.07, 6.45) is 1.00. The molecule has 1 saturated heterocycles. The van der Waals surface area contributed by atoms with Gasteiger partial charge >= 0.3 is 0 Å². The van der Waals surface area contributed by atoms with E-state index >= 15 is 0 Å². The molecule has 18 heavy (non-hydrogen) atoms. The Labute approximate surface area is 108 Å². The number of ether oxygens (including phenoxy) is 2. The Kier molecular flexibility index (Phi) is 3.61. The Morgan fingerprint density at radius 2 is 2.22 bits per heavy atom. The van der Waals surface area contributed by atoms with Crippen molar-refractivity contribution in [2.45, 2.75) is 38.8 Å². The second kappa shape index (κ2) is 5.02. The zero-order chi connectivity index (χ0) is 13.2. The van der Waals surface area contributed by atoms with Gasteiger partial charge in [0.1, 0.15) is 11.4 Å². The summed E-state index contributed by atoms with van der Waals surface area (Å²) in [6.45, 7) is 7.44. The number of rotatable bonds is 3. The maximum atomic E-state index is 5.86.